The van der Waals surface area contributed by atoms with E-state index in [1.165, 1.54) is 11.1 Å². The molecule has 0 saturated heterocycles. The Bertz CT molecular complexity index is 850. The molecule has 1 N–H and O–H groups in total. The summed E-state index contributed by atoms with van der Waals surface area (Å²) < 4.78 is 5.20. The number of hydrogen-bond acceptors (Lipinski definition) is 5. The number of benzene rings is 2. The predicted molar refractivity (Wildman–Crippen MR) is 110 cm³/mol. The van der Waals surface area contributed by atoms with Gasteiger partial charge in [-0.1, -0.05) is 42.5 Å². The molecule has 140 valence electrons. The summed E-state index contributed by atoms with van der Waals surface area (Å²) in [4.78, 5) is 11.5. The molecule has 0 atom stereocenters. The largest absolute Gasteiger partial charge is 0.497 e. The van der Waals surface area contributed by atoms with E-state index in [4.69, 9.17) is 9.72 Å². The van der Waals surface area contributed by atoms with E-state index in [1.807, 2.05) is 31.2 Å². The Morgan fingerprint density at radius 3 is 2.37 bits per heavy atom. The summed E-state index contributed by atoms with van der Waals surface area (Å²) in [5.74, 6) is 2.44. The molecule has 0 aliphatic rings. The van der Waals surface area contributed by atoms with Crippen LogP contribution < -0.4 is 15.0 Å². The molecule has 1 aromatic heterocycles. The number of aryl methyl sites for hydroxylation is 1. The number of ether oxygens (including phenoxy) is 1. The van der Waals surface area contributed by atoms with Gasteiger partial charge in [0.15, 0.2) is 0 Å². The summed E-state index contributed by atoms with van der Waals surface area (Å²) in [5.41, 5.74) is 3.37. The molecule has 1 heterocycles. The van der Waals surface area contributed by atoms with E-state index < -0.39 is 0 Å². The number of aromatic nitrogens is 2. The lowest BCUT2D eigenvalue weighted by molar-refractivity contribution is 0.414. The minimum Gasteiger partial charge on any atom is -0.497 e. The van der Waals surface area contributed by atoms with Crippen LogP contribution in [0.3, 0.4) is 0 Å². The van der Waals surface area contributed by atoms with Gasteiger partial charge in [0.2, 0.25) is 5.95 Å². The molecule has 2 aromatic carbocycles. The SMILES string of the molecule is CCN(Cc1ccccc1)c1nc(C)cc(NCc2ccc(OC)cc2)n1. The van der Waals surface area contributed by atoms with E-state index in [0.29, 0.717) is 6.54 Å². The van der Waals surface area contributed by atoms with E-state index in [-0.39, 0.29) is 0 Å². The van der Waals surface area contributed by atoms with Crippen molar-refractivity contribution in [2.45, 2.75) is 26.9 Å². The molecule has 0 spiro atoms. The van der Waals surface area contributed by atoms with Crippen LogP contribution in [0.2, 0.25) is 0 Å². The molecule has 5 heteroatoms. The van der Waals surface area contributed by atoms with Crippen molar-refractivity contribution in [3.63, 3.8) is 0 Å². The number of nitrogens with zero attached hydrogens (tertiary/aromatic N) is 3. The summed E-state index contributed by atoms with van der Waals surface area (Å²) in [6, 6.07) is 20.4. The van der Waals surface area contributed by atoms with E-state index in [2.05, 4.69) is 58.5 Å². The summed E-state index contributed by atoms with van der Waals surface area (Å²) in [6.45, 7) is 6.46. The van der Waals surface area contributed by atoms with Crippen molar-refractivity contribution in [3.05, 3.63) is 77.5 Å². The maximum atomic E-state index is 5.20. The Morgan fingerprint density at radius 2 is 1.70 bits per heavy atom. The van der Waals surface area contributed by atoms with Gasteiger partial charge in [-0.3, -0.25) is 0 Å². The average Bonchev–Trinajstić information content (AvgIpc) is 2.71. The van der Waals surface area contributed by atoms with E-state index in [0.717, 1.165) is 36.3 Å². The van der Waals surface area contributed by atoms with Crippen LogP contribution in [0.1, 0.15) is 23.7 Å². The quantitative estimate of drug-likeness (QED) is 0.642. The average molecular weight is 362 g/mol. The van der Waals surface area contributed by atoms with Gasteiger partial charge in [0.1, 0.15) is 11.6 Å². The Kier molecular flexibility index (Phi) is 6.26. The third-order valence-corrected chi connectivity index (χ3v) is 4.36. The maximum Gasteiger partial charge on any atom is 0.227 e. The van der Waals surface area contributed by atoms with Crippen molar-refractivity contribution in [1.82, 2.24) is 9.97 Å². The van der Waals surface area contributed by atoms with Crippen LogP contribution in [0.25, 0.3) is 0 Å². The van der Waals surface area contributed by atoms with Crippen LogP contribution in [0.4, 0.5) is 11.8 Å². The molecule has 3 rings (SSSR count). The van der Waals surface area contributed by atoms with Crippen molar-refractivity contribution < 1.29 is 4.74 Å². The van der Waals surface area contributed by atoms with Gasteiger partial charge < -0.3 is 15.0 Å². The van der Waals surface area contributed by atoms with Crippen LogP contribution in [-0.2, 0) is 13.1 Å². The number of nitrogens with one attached hydrogen (secondary N) is 1. The maximum absolute atomic E-state index is 5.20. The summed E-state index contributed by atoms with van der Waals surface area (Å²) >= 11 is 0. The van der Waals surface area contributed by atoms with Gasteiger partial charge in [-0.25, -0.2) is 4.98 Å². The third-order valence-electron chi connectivity index (χ3n) is 4.36. The first kappa shape index (κ1) is 18.7. The van der Waals surface area contributed by atoms with Crippen molar-refractivity contribution in [2.24, 2.45) is 0 Å². The molecule has 0 saturated carbocycles. The topological polar surface area (TPSA) is 50.3 Å². The van der Waals surface area contributed by atoms with E-state index >= 15 is 0 Å². The van der Waals surface area contributed by atoms with Crippen molar-refractivity contribution in [3.8, 4) is 5.75 Å². The summed E-state index contributed by atoms with van der Waals surface area (Å²) in [6.07, 6.45) is 0. The fourth-order valence-corrected chi connectivity index (χ4v) is 2.85. The number of methoxy groups -OCH3 is 1. The van der Waals surface area contributed by atoms with Crippen molar-refractivity contribution in [1.29, 1.82) is 0 Å². The summed E-state index contributed by atoms with van der Waals surface area (Å²) in [5, 5.41) is 3.40. The van der Waals surface area contributed by atoms with Gasteiger partial charge in [0.25, 0.3) is 0 Å². The molecule has 0 aliphatic heterocycles. The molecule has 27 heavy (non-hydrogen) atoms. The lowest BCUT2D eigenvalue weighted by Crippen LogP contribution is -2.24. The Labute approximate surface area is 161 Å². The lowest BCUT2D eigenvalue weighted by Gasteiger charge is -2.22. The lowest BCUT2D eigenvalue weighted by atomic mass is 10.2. The van der Waals surface area contributed by atoms with Gasteiger partial charge >= 0.3 is 0 Å². The molecular weight excluding hydrogens is 336 g/mol. The minimum atomic E-state index is 0.699. The second kappa shape index (κ2) is 9.03. The van der Waals surface area contributed by atoms with Crippen molar-refractivity contribution in [2.75, 3.05) is 23.9 Å². The smallest absolute Gasteiger partial charge is 0.227 e. The molecule has 0 unspecified atom stereocenters. The number of rotatable bonds is 8. The standard InChI is InChI=1S/C22H26N4O/c1-4-26(16-19-8-6-5-7-9-19)22-24-17(2)14-21(25-22)23-15-18-10-12-20(27-3)13-11-18/h5-14H,4,15-16H2,1-3H3,(H,23,24,25). The molecule has 0 aliphatic carbocycles. The van der Waals surface area contributed by atoms with Gasteiger partial charge in [-0.2, -0.15) is 4.98 Å². The van der Waals surface area contributed by atoms with E-state index in [9.17, 15) is 0 Å². The molecule has 3 aromatic rings. The second-order valence-corrected chi connectivity index (χ2v) is 6.40. The zero-order valence-corrected chi connectivity index (χ0v) is 16.1. The normalized spacial score (nSPS) is 10.5. The highest BCUT2D eigenvalue weighted by atomic mass is 16.5. The zero-order chi connectivity index (χ0) is 19.1. The highest BCUT2D eigenvalue weighted by Crippen LogP contribution is 2.18. The number of hydrogen-bond donors (Lipinski definition) is 1. The monoisotopic (exact) mass is 362 g/mol. The Morgan fingerprint density at radius 1 is 0.963 bits per heavy atom. The van der Waals surface area contributed by atoms with Crippen LogP contribution >= 0.6 is 0 Å². The van der Waals surface area contributed by atoms with Gasteiger partial charge in [0, 0.05) is 31.4 Å². The number of anilines is 2. The fourth-order valence-electron chi connectivity index (χ4n) is 2.85. The molecule has 0 amide bonds. The first-order chi connectivity index (χ1) is 13.2. The highest BCUT2D eigenvalue weighted by Gasteiger charge is 2.11. The molecule has 0 fully saturated rings. The third kappa shape index (κ3) is 5.20. The van der Waals surface area contributed by atoms with Gasteiger partial charge in [0.05, 0.1) is 7.11 Å². The highest BCUT2D eigenvalue weighted by molar-refractivity contribution is 5.45. The molecule has 0 radical (unpaired) electrons. The van der Waals surface area contributed by atoms with Crippen LogP contribution in [-0.4, -0.2) is 23.6 Å². The Balaban J connectivity index is 1.72. The molecule has 5 nitrogen and oxygen atoms in total. The Hall–Kier alpha value is -3.08. The fraction of sp³-hybridized carbons (Fsp3) is 0.273. The van der Waals surface area contributed by atoms with Crippen LogP contribution in [0.5, 0.6) is 5.75 Å². The van der Waals surface area contributed by atoms with Gasteiger partial charge in [-0.05, 0) is 37.1 Å². The first-order valence-corrected chi connectivity index (χ1v) is 9.19. The van der Waals surface area contributed by atoms with E-state index in [1.54, 1.807) is 7.11 Å². The van der Waals surface area contributed by atoms with Crippen LogP contribution in [0, 0.1) is 6.92 Å². The predicted octanol–water partition coefficient (Wildman–Crippen LogP) is 4.43. The second-order valence-electron chi connectivity index (χ2n) is 6.40. The van der Waals surface area contributed by atoms with Gasteiger partial charge in [-0.15, -0.1) is 0 Å². The summed E-state index contributed by atoms with van der Waals surface area (Å²) in [7, 11) is 1.67. The molecular formula is C22H26N4O. The van der Waals surface area contributed by atoms with Crippen LogP contribution in [0.15, 0.2) is 60.7 Å². The van der Waals surface area contributed by atoms with Crippen molar-refractivity contribution >= 4 is 11.8 Å². The molecule has 0 bridgehead atoms. The zero-order valence-electron chi connectivity index (χ0n) is 16.1. The minimum absolute atomic E-state index is 0.699. The first-order valence-electron chi connectivity index (χ1n) is 9.19.